The molecule has 1 saturated heterocycles. The van der Waals surface area contributed by atoms with Crippen molar-refractivity contribution in [2.45, 2.75) is 31.8 Å². The summed E-state index contributed by atoms with van der Waals surface area (Å²) in [5.74, 6) is 0.840. The fourth-order valence-electron chi connectivity index (χ4n) is 2.02. The predicted molar refractivity (Wildman–Crippen MR) is 80.3 cm³/mol. The molecular weight excluding hydrogens is 258 g/mol. The predicted octanol–water partition coefficient (Wildman–Crippen LogP) is 0.774. The first-order chi connectivity index (χ1) is 9.86. The Morgan fingerprint density at radius 1 is 1.15 bits per heavy atom. The molecular formula is C14H29N3O3. The van der Waals surface area contributed by atoms with E-state index in [9.17, 15) is 0 Å². The monoisotopic (exact) mass is 287 g/mol. The molecule has 118 valence electrons. The highest BCUT2D eigenvalue weighted by Crippen LogP contribution is 2.10. The van der Waals surface area contributed by atoms with Gasteiger partial charge in [-0.2, -0.15) is 0 Å². The van der Waals surface area contributed by atoms with Crippen LogP contribution in [0.2, 0.25) is 0 Å². The van der Waals surface area contributed by atoms with Gasteiger partial charge in [0, 0.05) is 53.7 Å². The Balaban J connectivity index is 1.95. The second kappa shape index (κ2) is 11.9. The Kier molecular flexibility index (Phi) is 10.3. The van der Waals surface area contributed by atoms with E-state index in [1.54, 1.807) is 14.2 Å². The molecule has 0 aromatic carbocycles. The molecule has 1 aliphatic rings. The second-order valence-corrected chi connectivity index (χ2v) is 4.81. The lowest BCUT2D eigenvalue weighted by atomic mass is 10.1. The van der Waals surface area contributed by atoms with Gasteiger partial charge in [-0.1, -0.05) is 0 Å². The van der Waals surface area contributed by atoms with Gasteiger partial charge in [-0.3, -0.25) is 4.99 Å². The van der Waals surface area contributed by atoms with Gasteiger partial charge in [0.15, 0.2) is 5.96 Å². The SMILES string of the molecule is CN=C(NCCCOC)NCCCOC1CCOCC1. The highest BCUT2D eigenvalue weighted by molar-refractivity contribution is 5.79. The summed E-state index contributed by atoms with van der Waals surface area (Å²) in [6.45, 7) is 4.96. The molecule has 1 fully saturated rings. The van der Waals surface area contributed by atoms with Gasteiger partial charge in [0.2, 0.25) is 0 Å². The van der Waals surface area contributed by atoms with E-state index in [-0.39, 0.29) is 0 Å². The first-order valence-corrected chi connectivity index (χ1v) is 7.49. The van der Waals surface area contributed by atoms with E-state index in [0.717, 1.165) is 71.2 Å². The summed E-state index contributed by atoms with van der Waals surface area (Å²) in [7, 11) is 3.50. The third-order valence-corrected chi connectivity index (χ3v) is 3.18. The summed E-state index contributed by atoms with van der Waals surface area (Å²) in [6, 6.07) is 0. The molecule has 1 heterocycles. The molecule has 0 aliphatic carbocycles. The van der Waals surface area contributed by atoms with Crippen molar-refractivity contribution < 1.29 is 14.2 Å². The summed E-state index contributed by atoms with van der Waals surface area (Å²) < 4.78 is 16.1. The Morgan fingerprint density at radius 3 is 2.40 bits per heavy atom. The number of hydrogen-bond donors (Lipinski definition) is 2. The molecule has 0 radical (unpaired) electrons. The maximum atomic E-state index is 5.81. The number of aliphatic imine (C=N–C) groups is 1. The Bertz CT molecular complexity index is 256. The third kappa shape index (κ3) is 8.35. The molecule has 1 rings (SSSR count). The van der Waals surface area contributed by atoms with Crippen molar-refractivity contribution in [3.8, 4) is 0 Å². The molecule has 0 aromatic rings. The average molecular weight is 287 g/mol. The van der Waals surface area contributed by atoms with E-state index >= 15 is 0 Å². The van der Waals surface area contributed by atoms with Crippen LogP contribution in [0.15, 0.2) is 4.99 Å². The smallest absolute Gasteiger partial charge is 0.190 e. The molecule has 0 atom stereocenters. The number of nitrogens with one attached hydrogen (secondary N) is 2. The maximum absolute atomic E-state index is 5.81. The molecule has 0 amide bonds. The van der Waals surface area contributed by atoms with Crippen LogP contribution < -0.4 is 10.6 Å². The summed E-state index contributed by atoms with van der Waals surface area (Å²) in [5.41, 5.74) is 0. The van der Waals surface area contributed by atoms with E-state index in [1.165, 1.54) is 0 Å². The van der Waals surface area contributed by atoms with Crippen molar-refractivity contribution in [1.29, 1.82) is 0 Å². The van der Waals surface area contributed by atoms with Crippen LogP contribution in [0, 0.1) is 0 Å². The van der Waals surface area contributed by atoms with Crippen molar-refractivity contribution in [2.75, 3.05) is 53.7 Å². The van der Waals surface area contributed by atoms with Crippen LogP contribution in [0.5, 0.6) is 0 Å². The number of ether oxygens (including phenoxy) is 3. The molecule has 0 aromatic heterocycles. The normalized spacial score (nSPS) is 17.2. The quantitative estimate of drug-likeness (QED) is 0.373. The topological polar surface area (TPSA) is 64.1 Å². The Labute approximate surface area is 122 Å². The van der Waals surface area contributed by atoms with Gasteiger partial charge in [0.25, 0.3) is 0 Å². The molecule has 0 saturated carbocycles. The minimum absolute atomic E-state index is 0.384. The zero-order valence-corrected chi connectivity index (χ0v) is 12.8. The first-order valence-electron chi connectivity index (χ1n) is 7.49. The fraction of sp³-hybridized carbons (Fsp3) is 0.929. The lowest BCUT2D eigenvalue weighted by molar-refractivity contribution is -0.0320. The van der Waals surface area contributed by atoms with E-state index in [0.29, 0.717) is 6.10 Å². The van der Waals surface area contributed by atoms with Crippen LogP contribution in [0.1, 0.15) is 25.7 Å². The average Bonchev–Trinajstić information content (AvgIpc) is 2.50. The molecule has 0 spiro atoms. The molecule has 6 heteroatoms. The Hall–Kier alpha value is -0.850. The van der Waals surface area contributed by atoms with E-state index in [2.05, 4.69) is 15.6 Å². The highest BCUT2D eigenvalue weighted by atomic mass is 16.5. The van der Waals surface area contributed by atoms with Gasteiger partial charge in [0.1, 0.15) is 0 Å². The van der Waals surface area contributed by atoms with Gasteiger partial charge >= 0.3 is 0 Å². The van der Waals surface area contributed by atoms with Crippen molar-refractivity contribution in [3.05, 3.63) is 0 Å². The number of nitrogens with zero attached hydrogens (tertiary/aromatic N) is 1. The zero-order chi connectivity index (χ0) is 14.5. The van der Waals surface area contributed by atoms with Gasteiger partial charge in [-0.15, -0.1) is 0 Å². The van der Waals surface area contributed by atoms with Crippen LogP contribution in [-0.2, 0) is 14.2 Å². The van der Waals surface area contributed by atoms with Gasteiger partial charge in [0.05, 0.1) is 6.10 Å². The third-order valence-electron chi connectivity index (χ3n) is 3.18. The first kappa shape index (κ1) is 17.2. The summed E-state index contributed by atoms with van der Waals surface area (Å²) >= 11 is 0. The standard InChI is InChI=1S/C14H29N3O3/c1-15-14(16-7-3-9-18-2)17-8-4-10-20-13-5-11-19-12-6-13/h13H,3-12H2,1-2H3,(H2,15,16,17). The van der Waals surface area contributed by atoms with Crippen LogP contribution in [0.4, 0.5) is 0 Å². The minimum atomic E-state index is 0.384. The van der Waals surface area contributed by atoms with Crippen molar-refractivity contribution in [1.82, 2.24) is 10.6 Å². The zero-order valence-electron chi connectivity index (χ0n) is 12.8. The lowest BCUT2D eigenvalue weighted by Crippen LogP contribution is -2.38. The highest BCUT2D eigenvalue weighted by Gasteiger charge is 2.13. The molecule has 1 aliphatic heterocycles. The number of rotatable bonds is 9. The fourth-order valence-corrected chi connectivity index (χ4v) is 2.02. The van der Waals surface area contributed by atoms with Crippen molar-refractivity contribution >= 4 is 5.96 Å². The van der Waals surface area contributed by atoms with Gasteiger partial charge in [-0.25, -0.2) is 0 Å². The van der Waals surface area contributed by atoms with E-state index in [4.69, 9.17) is 14.2 Å². The minimum Gasteiger partial charge on any atom is -0.385 e. The lowest BCUT2D eigenvalue weighted by Gasteiger charge is -2.22. The molecule has 6 nitrogen and oxygen atoms in total. The van der Waals surface area contributed by atoms with Crippen LogP contribution in [0.25, 0.3) is 0 Å². The molecule has 20 heavy (non-hydrogen) atoms. The van der Waals surface area contributed by atoms with Crippen LogP contribution in [-0.4, -0.2) is 65.7 Å². The summed E-state index contributed by atoms with van der Waals surface area (Å²) in [4.78, 5) is 4.17. The Morgan fingerprint density at radius 2 is 1.80 bits per heavy atom. The maximum Gasteiger partial charge on any atom is 0.190 e. The second-order valence-electron chi connectivity index (χ2n) is 4.81. The van der Waals surface area contributed by atoms with Crippen LogP contribution in [0.3, 0.4) is 0 Å². The van der Waals surface area contributed by atoms with Crippen molar-refractivity contribution in [2.24, 2.45) is 4.99 Å². The summed E-state index contributed by atoms with van der Waals surface area (Å²) in [5, 5.41) is 6.52. The van der Waals surface area contributed by atoms with E-state index < -0.39 is 0 Å². The van der Waals surface area contributed by atoms with Crippen LogP contribution >= 0.6 is 0 Å². The number of guanidine groups is 1. The number of hydrogen-bond acceptors (Lipinski definition) is 4. The molecule has 0 bridgehead atoms. The van der Waals surface area contributed by atoms with Gasteiger partial charge in [-0.05, 0) is 25.7 Å². The van der Waals surface area contributed by atoms with E-state index in [1.807, 2.05) is 0 Å². The molecule has 2 N–H and O–H groups in total. The van der Waals surface area contributed by atoms with Gasteiger partial charge < -0.3 is 24.8 Å². The van der Waals surface area contributed by atoms with Crippen molar-refractivity contribution in [3.63, 3.8) is 0 Å². The largest absolute Gasteiger partial charge is 0.385 e. The number of methoxy groups -OCH3 is 1. The summed E-state index contributed by atoms with van der Waals surface area (Å²) in [6.07, 6.45) is 4.39. The molecule has 0 unspecified atom stereocenters.